The highest BCUT2D eigenvalue weighted by Gasteiger charge is 2.12. The molecule has 0 aliphatic carbocycles. The summed E-state index contributed by atoms with van der Waals surface area (Å²) in [6, 6.07) is 15.7. The van der Waals surface area contributed by atoms with Crippen LogP contribution >= 0.6 is 11.3 Å². The Labute approximate surface area is 157 Å². The number of benzene rings is 2. The molecule has 1 aromatic heterocycles. The highest BCUT2D eigenvalue weighted by atomic mass is 32.1. The molecule has 1 amide bonds. The Morgan fingerprint density at radius 2 is 1.85 bits per heavy atom. The van der Waals surface area contributed by atoms with E-state index in [1.807, 2.05) is 36.4 Å². The minimum absolute atomic E-state index is 0.146. The molecule has 0 aliphatic rings. The number of aromatic nitrogens is 2. The summed E-state index contributed by atoms with van der Waals surface area (Å²) in [5.74, 6) is 1.04. The van der Waals surface area contributed by atoms with Gasteiger partial charge in [0.15, 0.2) is 0 Å². The Morgan fingerprint density at radius 1 is 1.12 bits per heavy atom. The molecule has 0 bridgehead atoms. The van der Waals surface area contributed by atoms with E-state index < -0.39 is 0 Å². The Hall–Kier alpha value is -2.73. The summed E-state index contributed by atoms with van der Waals surface area (Å²) in [4.78, 5) is 12.3. The molecule has 5 nitrogen and oxygen atoms in total. The first-order chi connectivity index (χ1) is 12.6. The van der Waals surface area contributed by atoms with Crippen molar-refractivity contribution in [3.8, 4) is 16.3 Å². The monoisotopic (exact) mass is 367 g/mol. The van der Waals surface area contributed by atoms with E-state index in [2.05, 4.69) is 41.5 Å². The highest BCUT2D eigenvalue weighted by Crippen LogP contribution is 2.28. The van der Waals surface area contributed by atoms with Crippen LogP contribution in [-0.4, -0.2) is 23.2 Å². The van der Waals surface area contributed by atoms with Crippen LogP contribution in [0.5, 0.6) is 5.75 Å². The average molecular weight is 367 g/mol. The third-order valence-electron chi connectivity index (χ3n) is 4.04. The molecule has 0 atom stereocenters. The summed E-state index contributed by atoms with van der Waals surface area (Å²) in [6.07, 6.45) is 0.224. The lowest BCUT2D eigenvalue weighted by Crippen LogP contribution is -2.14. The molecule has 6 heteroatoms. The second kappa shape index (κ2) is 8.10. The third kappa shape index (κ3) is 4.26. The molecule has 0 saturated carbocycles. The van der Waals surface area contributed by atoms with Gasteiger partial charge in [-0.15, -0.1) is 10.2 Å². The van der Waals surface area contributed by atoms with Crippen molar-refractivity contribution in [3.05, 3.63) is 59.7 Å². The van der Waals surface area contributed by atoms with Crippen LogP contribution in [0.3, 0.4) is 0 Å². The number of methoxy groups -OCH3 is 1. The van der Waals surface area contributed by atoms with E-state index in [9.17, 15) is 4.79 Å². The van der Waals surface area contributed by atoms with E-state index in [1.165, 1.54) is 16.9 Å². The summed E-state index contributed by atoms with van der Waals surface area (Å²) < 4.78 is 5.28. The van der Waals surface area contributed by atoms with Gasteiger partial charge in [-0.05, 0) is 17.5 Å². The Bertz CT molecular complexity index is 888. The molecular formula is C20H21N3O2S. The van der Waals surface area contributed by atoms with Crippen molar-refractivity contribution in [2.45, 2.75) is 26.2 Å². The number of ether oxygens (including phenoxy) is 1. The molecule has 134 valence electrons. The van der Waals surface area contributed by atoms with Crippen LogP contribution < -0.4 is 10.1 Å². The first-order valence-electron chi connectivity index (χ1n) is 8.42. The van der Waals surface area contributed by atoms with Gasteiger partial charge in [0.25, 0.3) is 0 Å². The van der Waals surface area contributed by atoms with Gasteiger partial charge in [0, 0.05) is 11.1 Å². The minimum atomic E-state index is -0.146. The molecule has 1 N–H and O–H groups in total. The minimum Gasteiger partial charge on any atom is -0.496 e. The normalized spacial score (nSPS) is 10.8. The van der Waals surface area contributed by atoms with E-state index in [4.69, 9.17) is 4.74 Å². The summed E-state index contributed by atoms with van der Waals surface area (Å²) in [5, 5.41) is 12.4. The third-order valence-corrected chi connectivity index (χ3v) is 4.93. The van der Waals surface area contributed by atoms with Crippen LogP contribution in [0.25, 0.3) is 10.6 Å². The SMILES string of the molecule is COc1ccccc1CC(=O)Nc1nnc(-c2ccc(C(C)C)cc2)s1. The quantitative estimate of drug-likeness (QED) is 0.696. The number of amides is 1. The second-order valence-electron chi connectivity index (χ2n) is 6.23. The average Bonchev–Trinajstić information content (AvgIpc) is 3.10. The predicted molar refractivity (Wildman–Crippen MR) is 105 cm³/mol. The van der Waals surface area contributed by atoms with Gasteiger partial charge in [-0.1, -0.05) is 67.6 Å². The molecule has 26 heavy (non-hydrogen) atoms. The topological polar surface area (TPSA) is 64.1 Å². The van der Waals surface area contributed by atoms with Crippen LogP contribution in [0.1, 0.15) is 30.9 Å². The molecule has 0 spiro atoms. The van der Waals surface area contributed by atoms with Crippen molar-refractivity contribution < 1.29 is 9.53 Å². The van der Waals surface area contributed by atoms with Crippen LogP contribution in [0.2, 0.25) is 0 Å². The summed E-state index contributed by atoms with van der Waals surface area (Å²) in [5.41, 5.74) is 3.11. The highest BCUT2D eigenvalue weighted by molar-refractivity contribution is 7.18. The zero-order valence-electron chi connectivity index (χ0n) is 15.0. The molecule has 0 fully saturated rings. The molecule has 2 aromatic carbocycles. The lowest BCUT2D eigenvalue weighted by Gasteiger charge is -2.07. The van der Waals surface area contributed by atoms with Gasteiger partial charge < -0.3 is 10.1 Å². The van der Waals surface area contributed by atoms with Crippen molar-refractivity contribution in [2.24, 2.45) is 0 Å². The lowest BCUT2D eigenvalue weighted by atomic mass is 10.0. The fourth-order valence-electron chi connectivity index (χ4n) is 2.59. The summed E-state index contributed by atoms with van der Waals surface area (Å²) in [7, 11) is 1.60. The smallest absolute Gasteiger partial charge is 0.230 e. The van der Waals surface area contributed by atoms with Gasteiger partial charge >= 0.3 is 0 Å². The van der Waals surface area contributed by atoms with Crippen LogP contribution in [0.4, 0.5) is 5.13 Å². The number of hydrogen-bond acceptors (Lipinski definition) is 5. The fraction of sp³-hybridized carbons (Fsp3) is 0.250. The Morgan fingerprint density at radius 3 is 2.54 bits per heavy atom. The summed E-state index contributed by atoms with van der Waals surface area (Å²) in [6.45, 7) is 4.32. The van der Waals surface area contributed by atoms with Gasteiger partial charge in [0.2, 0.25) is 11.0 Å². The summed E-state index contributed by atoms with van der Waals surface area (Å²) >= 11 is 1.36. The van der Waals surface area contributed by atoms with Crippen LogP contribution in [0.15, 0.2) is 48.5 Å². The van der Waals surface area contributed by atoms with Gasteiger partial charge in [0.05, 0.1) is 13.5 Å². The first kappa shape index (κ1) is 18.1. The molecule has 3 aromatic rings. The van der Waals surface area contributed by atoms with Gasteiger partial charge in [-0.25, -0.2) is 0 Å². The van der Waals surface area contributed by atoms with E-state index in [1.54, 1.807) is 7.11 Å². The number of rotatable bonds is 6. The molecule has 0 unspecified atom stereocenters. The van der Waals surface area contributed by atoms with Crippen molar-refractivity contribution in [3.63, 3.8) is 0 Å². The zero-order valence-corrected chi connectivity index (χ0v) is 15.8. The maximum absolute atomic E-state index is 12.3. The fourth-order valence-corrected chi connectivity index (χ4v) is 3.35. The molecule has 0 radical (unpaired) electrons. The van der Waals surface area contributed by atoms with Crippen LogP contribution in [-0.2, 0) is 11.2 Å². The molecular weight excluding hydrogens is 346 g/mol. The number of carbonyl (C=O) groups excluding carboxylic acids is 1. The molecule has 0 aliphatic heterocycles. The number of carbonyl (C=O) groups is 1. The predicted octanol–water partition coefficient (Wildman–Crippen LogP) is 4.52. The number of para-hydroxylation sites is 1. The van der Waals surface area contributed by atoms with Crippen LogP contribution in [0, 0.1) is 0 Å². The van der Waals surface area contributed by atoms with Crippen molar-refractivity contribution >= 4 is 22.4 Å². The lowest BCUT2D eigenvalue weighted by molar-refractivity contribution is -0.115. The number of anilines is 1. The molecule has 0 saturated heterocycles. The Balaban J connectivity index is 1.67. The van der Waals surface area contributed by atoms with Crippen molar-refractivity contribution in [1.82, 2.24) is 10.2 Å². The first-order valence-corrected chi connectivity index (χ1v) is 9.24. The number of nitrogens with zero attached hydrogens (tertiary/aromatic N) is 2. The van der Waals surface area contributed by atoms with Gasteiger partial charge in [-0.2, -0.15) is 0 Å². The maximum Gasteiger partial charge on any atom is 0.230 e. The zero-order chi connectivity index (χ0) is 18.5. The standard InChI is InChI=1S/C20H21N3O2S/c1-13(2)14-8-10-15(11-9-14)19-22-23-20(26-19)21-18(24)12-16-6-4-5-7-17(16)25-3/h4-11,13H,12H2,1-3H3,(H,21,23,24). The van der Waals surface area contributed by atoms with E-state index in [0.717, 1.165) is 16.1 Å². The van der Waals surface area contributed by atoms with E-state index in [-0.39, 0.29) is 12.3 Å². The van der Waals surface area contributed by atoms with E-state index in [0.29, 0.717) is 16.8 Å². The number of hydrogen-bond donors (Lipinski definition) is 1. The largest absolute Gasteiger partial charge is 0.496 e. The van der Waals surface area contributed by atoms with Gasteiger partial charge in [0.1, 0.15) is 10.8 Å². The maximum atomic E-state index is 12.3. The van der Waals surface area contributed by atoms with E-state index >= 15 is 0 Å². The van der Waals surface area contributed by atoms with Crippen molar-refractivity contribution in [2.75, 3.05) is 12.4 Å². The Kier molecular flexibility index (Phi) is 5.63. The second-order valence-corrected chi connectivity index (χ2v) is 7.20. The number of nitrogens with one attached hydrogen (secondary N) is 1. The molecule has 3 rings (SSSR count). The molecule has 1 heterocycles. The van der Waals surface area contributed by atoms with Crippen molar-refractivity contribution in [1.29, 1.82) is 0 Å². The van der Waals surface area contributed by atoms with Gasteiger partial charge in [-0.3, -0.25) is 4.79 Å².